The van der Waals surface area contributed by atoms with Crippen molar-refractivity contribution in [3.05, 3.63) is 52.8 Å². The molecular formula is C22H23F4NO5. The molecule has 0 radical (unpaired) electrons. The fourth-order valence-corrected chi connectivity index (χ4v) is 3.27. The van der Waals surface area contributed by atoms with Gasteiger partial charge in [-0.1, -0.05) is 6.07 Å². The van der Waals surface area contributed by atoms with Crippen LogP contribution in [0.4, 0.5) is 17.6 Å². The Morgan fingerprint density at radius 3 is 2.72 bits per heavy atom. The molecule has 2 aromatic carbocycles. The first-order chi connectivity index (χ1) is 15.2. The Morgan fingerprint density at radius 2 is 1.97 bits per heavy atom. The summed E-state index contributed by atoms with van der Waals surface area (Å²) in [4.78, 5) is 12.2. The van der Waals surface area contributed by atoms with Gasteiger partial charge in [-0.05, 0) is 48.2 Å². The number of carbonyl (C=O) groups is 1. The van der Waals surface area contributed by atoms with E-state index in [1.165, 1.54) is 31.4 Å². The minimum Gasteiger partial charge on any atom is -0.493 e. The van der Waals surface area contributed by atoms with Gasteiger partial charge in [-0.25, -0.2) is 4.39 Å². The van der Waals surface area contributed by atoms with Crippen LogP contribution in [0.2, 0.25) is 0 Å². The summed E-state index contributed by atoms with van der Waals surface area (Å²) in [5.41, 5.74) is 2.00. The van der Waals surface area contributed by atoms with Crippen molar-refractivity contribution in [2.24, 2.45) is 0 Å². The summed E-state index contributed by atoms with van der Waals surface area (Å²) in [7, 11) is 1.33. The van der Waals surface area contributed by atoms with Crippen LogP contribution in [0.3, 0.4) is 0 Å². The molecule has 1 aliphatic heterocycles. The number of benzene rings is 2. The highest BCUT2D eigenvalue weighted by atomic mass is 19.4. The zero-order valence-electron chi connectivity index (χ0n) is 17.4. The van der Waals surface area contributed by atoms with E-state index in [0.29, 0.717) is 41.8 Å². The first-order valence-corrected chi connectivity index (χ1v) is 9.90. The largest absolute Gasteiger partial charge is 0.493 e. The molecular weight excluding hydrogens is 434 g/mol. The number of hydrogen-bond acceptors (Lipinski definition) is 5. The minimum atomic E-state index is -4.45. The summed E-state index contributed by atoms with van der Waals surface area (Å²) in [6.45, 7) is -0.748. The Hall–Kier alpha value is -3.01. The van der Waals surface area contributed by atoms with Crippen molar-refractivity contribution < 1.29 is 41.3 Å². The highest BCUT2D eigenvalue weighted by Gasteiger charge is 2.29. The van der Waals surface area contributed by atoms with Gasteiger partial charge in [0.25, 0.3) is 0 Å². The number of alkyl halides is 3. The molecule has 1 heterocycles. The predicted octanol–water partition coefficient (Wildman–Crippen LogP) is 3.93. The number of carbonyl (C=O) groups excluding carboxylic acids is 1. The Labute approximate surface area is 182 Å². The van der Waals surface area contributed by atoms with E-state index in [9.17, 15) is 22.4 Å². The molecule has 3 rings (SSSR count). The van der Waals surface area contributed by atoms with Crippen molar-refractivity contribution in [1.82, 2.24) is 5.32 Å². The maximum atomic E-state index is 13.8. The lowest BCUT2D eigenvalue weighted by Crippen LogP contribution is -2.26. The molecule has 0 aliphatic carbocycles. The molecule has 0 fully saturated rings. The number of hydrogen-bond donors (Lipinski definition) is 1. The third kappa shape index (κ3) is 6.74. The molecule has 0 bridgehead atoms. The van der Waals surface area contributed by atoms with E-state index >= 15 is 0 Å². The van der Waals surface area contributed by atoms with Crippen LogP contribution < -0.4 is 19.5 Å². The lowest BCUT2D eigenvalue weighted by atomic mass is 10.1. The molecule has 0 spiro atoms. The van der Waals surface area contributed by atoms with Gasteiger partial charge in [-0.15, -0.1) is 0 Å². The van der Waals surface area contributed by atoms with Crippen LogP contribution in [-0.2, 0) is 29.0 Å². The van der Waals surface area contributed by atoms with Gasteiger partial charge in [0.05, 0.1) is 13.7 Å². The summed E-state index contributed by atoms with van der Waals surface area (Å²) < 4.78 is 71.2. The smallest absolute Gasteiger partial charge is 0.422 e. The molecule has 10 heteroatoms. The van der Waals surface area contributed by atoms with Gasteiger partial charge in [0.2, 0.25) is 5.91 Å². The van der Waals surface area contributed by atoms with E-state index in [0.717, 1.165) is 0 Å². The second kappa shape index (κ2) is 10.5. The average molecular weight is 457 g/mol. The van der Waals surface area contributed by atoms with Crippen molar-refractivity contribution in [3.8, 4) is 17.2 Å². The molecule has 174 valence electrons. The number of fused-ring (bicyclic) bond motifs is 1. The zero-order valence-corrected chi connectivity index (χ0v) is 17.4. The lowest BCUT2D eigenvalue weighted by Gasteiger charge is -2.21. The summed E-state index contributed by atoms with van der Waals surface area (Å²) in [5, 5.41) is 2.78. The molecule has 2 aromatic rings. The van der Waals surface area contributed by atoms with Crippen LogP contribution in [-0.4, -0.2) is 39.1 Å². The maximum Gasteiger partial charge on any atom is 0.422 e. The molecule has 0 saturated carbocycles. The van der Waals surface area contributed by atoms with E-state index in [4.69, 9.17) is 18.9 Å². The van der Waals surface area contributed by atoms with Gasteiger partial charge < -0.3 is 24.3 Å². The molecule has 0 unspecified atom stereocenters. The summed E-state index contributed by atoms with van der Waals surface area (Å²) in [5.74, 6) is 0.120. The number of ether oxygens (including phenoxy) is 4. The second-order valence-electron chi connectivity index (χ2n) is 7.15. The topological polar surface area (TPSA) is 66.0 Å². The molecule has 0 aromatic heterocycles. The van der Waals surface area contributed by atoms with Gasteiger partial charge >= 0.3 is 6.18 Å². The zero-order chi connectivity index (χ0) is 23.1. The molecule has 1 aliphatic rings. The Balaban J connectivity index is 1.48. The quantitative estimate of drug-likeness (QED) is 0.578. The third-order valence-corrected chi connectivity index (χ3v) is 4.73. The molecule has 0 atom stereocenters. The van der Waals surface area contributed by atoms with Crippen LogP contribution in [0.5, 0.6) is 17.2 Å². The van der Waals surface area contributed by atoms with Crippen LogP contribution in [0.1, 0.15) is 23.1 Å². The summed E-state index contributed by atoms with van der Waals surface area (Å²) in [6, 6.07) is 7.25. The van der Waals surface area contributed by atoms with Gasteiger partial charge in [0.1, 0.15) is 11.6 Å². The second-order valence-corrected chi connectivity index (χ2v) is 7.15. The standard InChI is InChI=1S/C22H23F4NO5/c1-29-19-8-14(2-4-18(19)31-12-22(24,25)26)3-5-20(28)27-7-6-15-9-17(23)10-16-11-30-13-32-21(15)16/h2,4,8-10H,3,5-7,11-13H2,1H3,(H,27,28). The van der Waals surface area contributed by atoms with Crippen LogP contribution in [0.25, 0.3) is 0 Å². The number of halogens is 4. The van der Waals surface area contributed by atoms with Gasteiger partial charge in [-0.3, -0.25) is 4.79 Å². The van der Waals surface area contributed by atoms with Crippen molar-refractivity contribution >= 4 is 5.91 Å². The SMILES string of the molecule is COc1cc(CCC(=O)NCCc2cc(F)cc3c2OCOC3)ccc1OCC(F)(F)F. The van der Waals surface area contributed by atoms with Gasteiger partial charge in [0, 0.05) is 18.5 Å². The minimum absolute atomic E-state index is 0.0240. The number of aryl methyl sites for hydroxylation is 1. The van der Waals surface area contributed by atoms with E-state index in [1.807, 2.05) is 0 Å². The van der Waals surface area contributed by atoms with Gasteiger partial charge in [0.15, 0.2) is 24.9 Å². The van der Waals surface area contributed by atoms with Crippen LogP contribution in [0, 0.1) is 5.82 Å². The fourth-order valence-electron chi connectivity index (χ4n) is 3.27. The molecule has 1 N–H and O–H groups in total. The monoisotopic (exact) mass is 457 g/mol. The lowest BCUT2D eigenvalue weighted by molar-refractivity contribution is -0.153. The Bertz CT molecular complexity index is 949. The summed E-state index contributed by atoms with van der Waals surface area (Å²) in [6.07, 6.45) is -3.54. The molecule has 1 amide bonds. The number of methoxy groups -OCH3 is 1. The predicted molar refractivity (Wildman–Crippen MR) is 106 cm³/mol. The first kappa shape index (κ1) is 23.6. The molecule has 6 nitrogen and oxygen atoms in total. The number of nitrogens with one attached hydrogen (secondary N) is 1. The van der Waals surface area contributed by atoms with Crippen molar-refractivity contribution in [3.63, 3.8) is 0 Å². The highest BCUT2D eigenvalue weighted by Crippen LogP contribution is 2.31. The Kier molecular flexibility index (Phi) is 7.79. The third-order valence-electron chi connectivity index (χ3n) is 4.73. The Morgan fingerprint density at radius 1 is 1.16 bits per heavy atom. The van der Waals surface area contributed by atoms with Gasteiger partial charge in [-0.2, -0.15) is 13.2 Å². The van der Waals surface area contributed by atoms with E-state index in [2.05, 4.69) is 5.32 Å². The highest BCUT2D eigenvalue weighted by molar-refractivity contribution is 5.76. The van der Waals surface area contributed by atoms with Crippen LogP contribution >= 0.6 is 0 Å². The van der Waals surface area contributed by atoms with E-state index < -0.39 is 18.6 Å². The van der Waals surface area contributed by atoms with Crippen molar-refractivity contribution in [2.45, 2.75) is 32.0 Å². The summed E-state index contributed by atoms with van der Waals surface area (Å²) >= 11 is 0. The van der Waals surface area contributed by atoms with Crippen molar-refractivity contribution in [1.29, 1.82) is 0 Å². The first-order valence-electron chi connectivity index (χ1n) is 9.90. The molecule has 32 heavy (non-hydrogen) atoms. The van der Waals surface area contributed by atoms with Crippen LogP contribution in [0.15, 0.2) is 30.3 Å². The number of rotatable bonds is 9. The normalized spacial score (nSPS) is 13.2. The van der Waals surface area contributed by atoms with E-state index in [1.54, 1.807) is 6.07 Å². The van der Waals surface area contributed by atoms with Crippen molar-refractivity contribution in [2.75, 3.05) is 27.1 Å². The molecule has 0 saturated heterocycles. The van der Waals surface area contributed by atoms with E-state index in [-0.39, 0.29) is 37.2 Å². The average Bonchev–Trinajstić information content (AvgIpc) is 2.75. The number of amides is 1. The fraction of sp³-hybridized carbons (Fsp3) is 0.409. The maximum absolute atomic E-state index is 13.8.